The zero-order chi connectivity index (χ0) is 29.2. The van der Waals surface area contributed by atoms with Crippen LogP contribution in [-0.4, -0.2) is 47.2 Å². The van der Waals surface area contributed by atoms with E-state index in [9.17, 15) is 29.1 Å². The van der Waals surface area contributed by atoms with Crippen molar-refractivity contribution < 1.29 is 33.8 Å². The minimum atomic E-state index is -1.39. The predicted molar refractivity (Wildman–Crippen MR) is 151 cm³/mol. The van der Waals surface area contributed by atoms with E-state index in [0.717, 1.165) is 16.7 Å². The van der Waals surface area contributed by atoms with Crippen LogP contribution in [0.3, 0.4) is 0 Å². The van der Waals surface area contributed by atoms with E-state index >= 15 is 0 Å². The molecular formula is C33H33NO7. The van der Waals surface area contributed by atoms with Gasteiger partial charge >= 0.3 is 11.9 Å². The number of aryl methyl sites for hydroxylation is 1. The molecule has 0 fully saturated rings. The van der Waals surface area contributed by atoms with Gasteiger partial charge in [-0.1, -0.05) is 84.9 Å². The summed E-state index contributed by atoms with van der Waals surface area (Å²) in [5.74, 6) is -4.46. The lowest BCUT2D eigenvalue weighted by molar-refractivity contribution is -0.153. The molecule has 0 saturated heterocycles. The van der Waals surface area contributed by atoms with Crippen LogP contribution in [0.1, 0.15) is 46.3 Å². The quantitative estimate of drug-likeness (QED) is 0.305. The second-order valence-electron chi connectivity index (χ2n) is 10.3. The fourth-order valence-corrected chi connectivity index (χ4v) is 5.15. The summed E-state index contributed by atoms with van der Waals surface area (Å²) in [5, 5.41) is 11.8. The van der Waals surface area contributed by atoms with E-state index < -0.39 is 54.5 Å². The highest BCUT2D eigenvalue weighted by atomic mass is 16.5. The molecule has 8 nitrogen and oxygen atoms in total. The van der Waals surface area contributed by atoms with Gasteiger partial charge in [-0.05, 0) is 42.4 Å². The van der Waals surface area contributed by atoms with Crippen molar-refractivity contribution >= 4 is 29.4 Å². The lowest BCUT2D eigenvalue weighted by Crippen LogP contribution is -2.45. The molecule has 2 N–H and O–H groups in total. The van der Waals surface area contributed by atoms with Crippen LogP contribution in [0.5, 0.6) is 0 Å². The normalized spacial score (nSPS) is 15.0. The zero-order valence-electron chi connectivity index (χ0n) is 22.7. The SMILES string of the molecule is O=C(O)CC(NC(=O)CC1CCc2ccccc2C1=O)C(=O)COC(=O)C(Cc1ccccc1)Cc1ccccc1. The van der Waals surface area contributed by atoms with Gasteiger partial charge in [-0.25, -0.2) is 0 Å². The molecule has 2 atom stereocenters. The summed E-state index contributed by atoms with van der Waals surface area (Å²) in [5.41, 5.74) is 3.40. The van der Waals surface area contributed by atoms with Crippen molar-refractivity contribution in [1.82, 2.24) is 5.32 Å². The summed E-state index contributed by atoms with van der Waals surface area (Å²) in [7, 11) is 0. The summed E-state index contributed by atoms with van der Waals surface area (Å²) < 4.78 is 5.37. The second kappa shape index (κ2) is 14.2. The van der Waals surface area contributed by atoms with Gasteiger partial charge in [0, 0.05) is 17.9 Å². The van der Waals surface area contributed by atoms with E-state index in [1.165, 1.54) is 0 Å². The average Bonchev–Trinajstić information content (AvgIpc) is 2.97. The maximum atomic E-state index is 13.1. The van der Waals surface area contributed by atoms with Crippen LogP contribution in [0.2, 0.25) is 0 Å². The summed E-state index contributed by atoms with van der Waals surface area (Å²) in [6, 6.07) is 24.8. The van der Waals surface area contributed by atoms with Crippen molar-refractivity contribution in [1.29, 1.82) is 0 Å². The van der Waals surface area contributed by atoms with Gasteiger partial charge in [0.1, 0.15) is 6.04 Å². The maximum absolute atomic E-state index is 13.1. The average molecular weight is 556 g/mol. The molecule has 1 aliphatic carbocycles. The van der Waals surface area contributed by atoms with Gasteiger partial charge < -0.3 is 15.2 Å². The molecule has 1 aliphatic rings. The third-order valence-corrected chi connectivity index (χ3v) is 7.29. The Kier molecular flexibility index (Phi) is 10.2. The molecule has 0 radical (unpaired) electrons. The van der Waals surface area contributed by atoms with Gasteiger partial charge in [0.15, 0.2) is 18.2 Å². The predicted octanol–water partition coefficient (Wildman–Crippen LogP) is 4.00. The molecule has 0 aromatic heterocycles. The molecule has 8 heteroatoms. The summed E-state index contributed by atoms with van der Waals surface area (Å²) >= 11 is 0. The number of nitrogens with one attached hydrogen (secondary N) is 1. The number of ketones is 2. The molecule has 4 rings (SSSR count). The van der Waals surface area contributed by atoms with Gasteiger partial charge in [-0.2, -0.15) is 0 Å². The van der Waals surface area contributed by atoms with E-state index in [-0.39, 0.29) is 12.2 Å². The van der Waals surface area contributed by atoms with E-state index in [1.807, 2.05) is 72.8 Å². The molecule has 1 amide bonds. The largest absolute Gasteiger partial charge is 0.481 e. The van der Waals surface area contributed by atoms with Crippen LogP contribution in [0.4, 0.5) is 0 Å². The van der Waals surface area contributed by atoms with E-state index in [0.29, 0.717) is 31.2 Å². The fourth-order valence-electron chi connectivity index (χ4n) is 5.15. The number of fused-ring (bicyclic) bond motifs is 1. The number of carbonyl (C=O) groups is 5. The van der Waals surface area contributed by atoms with Crippen LogP contribution in [0, 0.1) is 11.8 Å². The number of carboxylic acids is 1. The Bertz CT molecular complexity index is 1350. The first kappa shape index (κ1) is 29.4. The Labute approximate surface area is 238 Å². The Morgan fingerprint density at radius 3 is 2.05 bits per heavy atom. The molecule has 3 aromatic rings. The molecular weight excluding hydrogens is 522 g/mol. The van der Waals surface area contributed by atoms with Gasteiger partial charge in [0.2, 0.25) is 5.91 Å². The Morgan fingerprint density at radius 1 is 0.854 bits per heavy atom. The smallest absolute Gasteiger partial charge is 0.310 e. The fraction of sp³-hybridized carbons (Fsp3) is 0.303. The van der Waals surface area contributed by atoms with Crippen LogP contribution >= 0.6 is 0 Å². The number of hydrogen-bond acceptors (Lipinski definition) is 6. The van der Waals surface area contributed by atoms with Crippen molar-refractivity contribution in [2.45, 2.75) is 44.6 Å². The van der Waals surface area contributed by atoms with Gasteiger partial charge in [-0.3, -0.25) is 24.0 Å². The lowest BCUT2D eigenvalue weighted by atomic mass is 9.81. The number of amides is 1. The maximum Gasteiger partial charge on any atom is 0.310 e. The molecule has 0 heterocycles. The number of benzene rings is 3. The molecule has 0 spiro atoms. The number of esters is 1. The minimum Gasteiger partial charge on any atom is -0.481 e. The Morgan fingerprint density at radius 2 is 1.44 bits per heavy atom. The molecule has 0 aliphatic heterocycles. The van der Waals surface area contributed by atoms with E-state index in [1.54, 1.807) is 12.1 Å². The lowest BCUT2D eigenvalue weighted by Gasteiger charge is -2.24. The first-order valence-corrected chi connectivity index (χ1v) is 13.7. The van der Waals surface area contributed by atoms with Crippen molar-refractivity contribution in [2.24, 2.45) is 11.8 Å². The van der Waals surface area contributed by atoms with Crippen LogP contribution in [0.25, 0.3) is 0 Å². The minimum absolute atomic E-state index is 0.139. The number of rotatable bonds is 13. The number of aliphatic carboxylic acids is 1. The van der Waals surface area contributed by atoms with E-state index in [2.05, 4.69) is 5.32 Å². The van der Waals surface area contributed by atoms with Crippen LogP contribution in [0.15, 0.2) is 84.9 Å². The standard InChI is InChI=1S/C33H33NO7/c35-29(21-41-33(40)26(17-22-9-3-1-4-10-22)18-23-11-5-2-6-12-23)28(20-31(37)38)34-30(36)19-25-16-15-24-13-7-8-14-27(24)32(25)39/h1-14,25-26,28H,15-21H2,(H,34,36)(H,37,38). The molecule has 2 unspecified atom stereocenters. The van der Waals surface area contributed by atoms with Gasteiger partial charge in [-0.15, -0.1) is 0 Å². The highest BCUT2D eigenvalue weighted by molar-refractivity contribution is 6.02. The van der Waals surface area contributed by atoms with Gasteiger partial charge in [0.05, 0.1) is 12.3 Å². The highest BCUT2D eigenvalue weighted by Gasteiger charge is 2.31. The summed E-state index contributed by atoms with van der Waals surface area (Å²) in [6.45, 7) is -0.674. The number of ether oxygens (including phenoxy) is 1. The van der Waals surface area contributed by atoms with Gasteiger partial charge in [0.25, 0.3) is 0 Å². The monoisotopic (exact) mass is 555 g/mol. The first-order valence-electron chi connectivity index (χ1n) is 13.7. The Hall–Kier alpha value is -4.59. The number of hydrogen-bond donors (Lipinski definition) is 2. The zero-order valence-corrected chi connectivity index (χ0v) is 22.7. The summed E-state index contributed by atoms with van der Waals surface area (Å²) in [4.78, 5) is 63.2. The Balaban J connectivity index is 1.37. The first-order chi connectivity index (χ1) is 19.8. The summed E-state index contributed by atoms with van der Waals surface area (Å²) in [6.07, 6.45) is 1.11. The molecule has 41 heavy (non-hydrogen) atoms. The van der Waals surface area contributed by atoms with Crippen molar-refractivity contribution in [2.75, 3.05) is 6.61 Å². The molecule has 0 saturated carbocycles. The third-order valence-electron chi connectivity index (χ3n) is 7.29. The van der Waals surface area contributed by atoms with Crippen molar-refractivity contribution in [3.8, 4) is 0 Å². The number of Topliss-reactive ketones (excluding diaryl/α,β-unsaturated/α-hetero) is 2. The van der Waals surface area contributed by atoms with Crippen LogP contribution < -0.4 is 5.32 Å². The molecule has 212 valence electrons. The van der Waals surface area contributed by atoms with E-state index in [4.69, 9.17) is 4.74 Å². The number of carbonyl (C=O) groups excluding carboxylic acids is 4. The number of carboxylic acid groups (broad SMARTS) is 1. The molecule has 3 aromatic carbocycles. The highest BCUT2D eigenvalue weighted by Crippen LogP contribution is 2.27. The topological polar surface area (TPSA) is 127 Å². The third kappa shape index (κ3) is 8.45. The molecule has 0 bridgehead atoms. The van der Waals surface area contributed by atoms with Crippen molar-refractivity contribution in [3.05, 3.63) is 107 Å². The van der Waals surface area contributed by atoms with Crippen LogP contribution in [-0.2, 0) is 43.2 Å². The van der Waals surface area contributed by atoms with Crippen molar-refractivity contribution in [3.63, 3.8) is 0 Å². The second-order valence-corrected chi connectivity index (χ2v) is 10.3.